The number of carbonyl (C=O) groups is 1. The number of rotatable bonds is 7. The molecule has 216 valence electrons. The lowest BCUT2D eigenvalue weighted by atomic mass is 9.93. The monoisotopic (exact) mass is 646 g/mol. The zero-order valence-electron chi connectivity index (χ0n) is 23.0. The SMILES string of the molecule is CCOC(=O)C1=C(c2ccccc2)N=c2s/c(=C\c3ccc(-c4cccc(Cl)c4Cl)o3)c(=O)n2[C@H]1c1ccc(SC)cc1. The molecule has 3 aromatic carbocycles. The maximum Gasteiger partial charge on any atom is 0.338 e. The second kappa shape index (κ2) is 12.4. The molecule has 0 spiro atoms. The van der Waals surface area contributed by atoms with E-state index in [1.165, 1.54) is 11.3 Å². The van der Waals surface area contributed by atoms with Crippen molar-refractivity contribution in [1.82, 2.24) is 4.57 Å². The minimum absolute atomic E-state index is 0.185. The van der Waals surface area contributed by atoms with Gasteiger partial charge in [-0.05, 0) is 55.1 Å². The number of ether oxygens (including phenoxy) is 1. The maximum atomic E-state index is 14.1. The summed E-state index contributed by atoms with van der Waals surface area (Å²) in [6, 6.07) is 25.4. The Morgan fingerprint density at radius 3 is 2.53 bits per heavy atom. The predicted molar refractivity (Wildman–Crippen MR) is 173 cm³/mol. The molecule has 0 radical (unpaired) electrons. The highest BCUT2D eigenvalue weighted by Crippen LogP contribution is 2.36. The van der Waals surface area contributed by atoms with Crippen molar-refractivity contribution in [2.24, 2.45) is 4.99 Å². The van der Waals surface area contributed by atoms with Crippen LogP contribution >= 0.6 is 46.3 Å². The lowest BCUT2D eigenvalue weighted by molar-refractivity contribution is -0.138. The van der Waals surface area contributed by atoms with Crippen molar-refractivity contribution in [3.63, 3.8) is 0 Å². The first-order chi connectivity index (χ1) is 20.9. The molecule has 0 N–H and O–H groups in total. The third-order valence-electron chi connectivity index (χ3n) is 6.92. The van der Waals surface area contributed by atoms with Gasteiger partial charge in [-0.25, -0.2) is 9.79 Å². The van der Waals surface area contributed by atoms with Crippen molar-refractivity contribution in [1.29, 1.82) is 0 Å². The molecule has 0 unspecified atom stereocenters. The number of furan rings is 1. The topological polar surface area (TPSA) is 73.8 Å². The molecule has 0 aliphatic carbocycles. The molecule has 6 rings (SSSR count). The van der Waals surface area contributed by atoms with Crippen molar-refractivity contribution in [3.8, 4) is 11.3 Å². The van der Waals surface area contributed by atoms with Crippen molar-refractivity contribution >= 4 is 64.0 Å². The molecule has 3 heterocycles. The van der Waals surface area contributed by atoms with Crippen molar-refractivity contribution in [3.05, 3.63) is 137 Å². The number of halogens is 2. The van der Waals surface area contributed by atoms with Crippen LogP contribution in [0.4, 0.5) is 0 Å². The van der Waals surface area contributed by atoms with Crippen LogP contribution in [0.5, 0.6) is 0 Å². The first kappa shape index (κ1) is 29.3. The summed E-state index contributed by atoms with van der Waals surface area (Å²) in [4.78, 5) is 34.1. The van der Waals surface area contributed by atoms with Gasteiger partial charge in [-0.1, -0.05) is 83.1 Å². The molecule has 10 heteroatoms. The molecule has 5 aromatic rings. The summed E-state index contributed by atoms with van der Waals surface area (Å²) >= 11 is 15.4. The maximum absolute atomic E-state index is 14.1. The van der Waals surface area contributed by atoms with Crippen molar-refractivity contribution in [2.75, 3.05) is 12.9 Å². The molecule has 1 aliphatic rings. The van der Waals surface area contributed by atoms with Crippen LogP contribution in [-0.4, -0.2) is 23.4 Å². The number of fused-ring (bicyclic) bond motifs is 1. The number of hydrogen-bond acceptors (Lipinski definition) is 7. The van der Waals surface area contributed by atoms with Gasteiger partial charge in [0.15, 0.2) is 4.80 Å². The van der Waals surface area contributed by atoms with E-state index in [1.807, 2.05) is 66.9 Å². The van der Waals surface area contributed by atoms with Gasteiger partial charge < -0.3 is 9.15 Å². The van der Waals surface area contributed by atoms with E-state index in [1.54, 1.807) is 53.6 Å². The summed E-state index contributed by atoms with van der Waals surface area (Å²) in [5.74, 6) is 0.465. The second-order valence-electron chi connectivity index (χ2n) is 9.51. The highest BCUT2D eigenvalue weighted by molar-refractivity contribution is 7.98. The molecule has 0 saturated carbocycles. The number of thioether (sulfide) groups is 1. The Balaban J connectivity index is 1.56. The van der Waals surface area contributed by atoms with E-state index in [-0.39, 0.29) is 12.2 Å². The Labute approximate surface area is 265 Å². The van der Waals surface area contributed by atoms with E-state index in [0.717, 1.165) is 16.0 Å². The third kappa shape index (κ3) is 5.63. The summed E-state index contributed by atoms with van der Waals surface area (Å²) in [5, 5.41) is 0.805. The lowest BCUT2D eigenvalue weighted by Crippen LogP contribution is -2.40. The Morgan fingerprint density at radius 2 is 1.81 bits per heavy atom. The average molecular weight is 648 g/mol. The fourth-order valence-corrected chi connectivity index (χ4v) is 6.72. The van der Waals surface area contributed by atoms with Crippen LogP contribution in [0.1, 0.15) is 29.9 Å². The molecule has 0 fully saturated rings. The quantitative estimate of drug-likeness (QED) is 0.138. The van der Waals surface area contributed by atoms with Crippen LogP contribution < -0.4 is 14.9 Å². The highest BCUT2D eigenvalue weighted by Gasteiger charge is 2.35. The third-order valence-corrected chi connectivity index (χ3v) is 9.47. The fraction of sp³-hybridized carbons (Fsp3) is 0.121. The summed E-state index contributed by atoms with van der Waals surface area (Å²) in [7, 11) is 0. The van der Waals surface area contributed by atoms with Gasteiger partial charge in [-0.3, -0.25) is 9.36 Å². The Kier molecular flexibility index (Phi) is 8.45. The zero-order chi connectivity index (χ0) is 30.1. The van der Waals surface area contributed by atoms with Gasteiger partial charge in [0.25, 0.3) is 5.56 Å². The Hall–Kier alpha value is -3.82. The van der Waals surface area contributed by atoms with Crippen LogP contribution in [0.3, 0.4) is 0 Å². The number of hydrogen-bond donors (Lipinski definition) is 0. The summed E-state index contributed by atoms with van der Waals surface area (Å²) < 4.78 is 13.6. The fourth-order valence-electron chi connectivity index (χ4n) is 4.94. The molecular formula is C33H24Cl2N2O4S2. The van der Waals surface area contributed by atoms with E-state index in [4.69, 9.17) is 37.3 Å². The predicted octanol–water partition coefficient (Wildman–Crippen LogP) is 7.22. The van der Waals surface area contributed by atoms with Gasteiger partial charge in [-0.2, -0.15) is 0 Å². The van der Waals surface area contributed by atoms with Crippen molar-refractivity contribution < 1.29 is 13.9 Å². The van der Waals surface area contributed by atoms with Gasteiger partial charge >= 0.3 is 5.97 Å². The largest absolute Gasteiger partial charge is 0.463 e. The molecule has 0 saturated heterocycles. The molecule has 43 heavy (non-hydrogen) atoms. The minimum Gasteiger partial charge on any atom is -0.463 e. The van der Waals surface area contributed by atoms with E-state index in [9.17, 15) is 9.59 Å². The Bertz CT molecular complexity index is 2040. The molecule has 1 aliphatic heterocycles. The lowest BCUT2D eigenvalue weighted by Gasteiger charge is -2.26. The molecule has 0 bridgehead atoms. The summed E-state index contributed by atoms with van der Waals surface area (Å²) in [6.45, 7) is 1.94. The van der Waals surface area contributed by atoms with E-state index >= 15 is 0 Å². The standard InChI is InChI=1S/C33H24Cl2N2O4S2/c1-3-40-32(39)27-29(19-8-5-4-6-9-19)36-33-37(30(27)20-12-15-22(42-2)16-13-20)31(38)26(43-33)18-21-14-17-25(41-21)23-10-7-11-24(34)28(23)35/h4-18,30H,3H2,1-2H3/b26-18-/t30-/m0/s1. The summed E-state index contributed by atoms with van der Waals surface area (Å²) in [5.41, 5.74) is 2.66. The molecule has 0 amide bonds. The highest BCUT2D eigenvalue weighted by atomic mass is 35.5. The van der Waals surface area contributed by atoms with Crippen LogP contribution in [0.2, 0.25) is 10.0 Å². The van der Waals surface area contributed by atoms with Gasteiger partial charge in [0.1, 0.15) is 11.5 Å². The van der Waals surface area contributed by atoms with E-state index < -0.39 is 12.0 Å². The zero-order valence-corrected chi connectivity index (χ0v) is 26.2. The number of benzene rings is 3. The second-order valence-corrected chi connectivity index (χ2v) is 12.2. The molecule has 1 atom stereocenters. The van der Waals surface area contributed by atoms with Gasteiger partial charge in [-0.15, -0.1) is 11.8 Å². The number of esters is 1. The normalized spacial score (nSPS) is 14.9. The van der Waals surface area contributed by atoms with Gasteiger partial charge in [0.05, 0.1) is 38.5 Å². The van der Waals surface area contributed by atoms with Crippen molar-refractivity contribution in [2.45, 2.75) is 17.9 Å². The van der Waals surface area contributed by atoms with Gasteiger partial charge in [0.2, 0.25) is 0 Å². The molecule has 2 aromatic heterocycles. The van der Waals surface area contributed by atoms with Crippen LogP contribution in [0.25, 0.3) is 23.1 Å². The van der Waals surface area contributed by atoms with E-state index in [2.05, 4.69) is 0 Å². The number of thiazole rings is 1. The first-order valence-corrected chi connectivity index (χ1v) is 16.2. The number of nitrogens with zero attached hydrogens (tertiary/aromatic N) is 2. The number of aromatic nitrogens is 1. The minimum atomic E-state index is -0.749. The smallest absolute Gasteiger partial charge is 0.338 e. The van der Waals surface area contributed by atoms with Crippen LogP contribution in [0, 0.1) is 0 Å². The van der Waals surface area contributed by atoms with Crippen LogP contribution in [0.15, 0.2) is 110 Å². The Morgan fingerprint density at radius 1 is 1.05 bits per heavy atom. The van der Waals surface area contributed by atoms with E-state index in [0.29, 0.717) is 47.7 Å². The molecule has 6 nitrogen and oxygen atoms in total. The van der Waals surface area contributed by atoms with Crippen LogP contribution in [-0.2, 0) is 9.53 Å². The number of carbonyl (C=O) groups excluding carboxylic acids is 1. The first-order valence-electron chi connectivity index (χ1n) is 13.4. The average Bonchev–Trinajstić information content (AvgIpc) is 3.62. The molecular weight excluding hydrogens is 623 g/mol. The van der Waals surface area contributed by atoms with Gasteiger partial charge in [0, 0.05) is 22.1 Å². The summed E-state index contributed by atoms with van der Waals surface area (Å²) in [6.07, 6.45) is 3.67.